The lowest BCUT2D eigenvalue weighted by Crippen LogP contribution is -1.97. The molecular weight excluding hydrogens is 136 g/mol. The Kier molecular flexibility index (Phi) is 2.16. The van der Waals surface area contributed by atoms with Gasteiger partial charge in [-0.3, -0.25) is 4.84 Å². The van der Waals surface area contributed by atoms with E-state index in [2.05, 4.69) is 9.82 Å². The molecule has 4 heteroatoms. The third kappa shape index (κ3) is 1.74. The van der Waals surface area contributed by atoms with E-state index in [9.17, 15) is 0 Å². The van der Waals surface area contributed by atoms with Crippen LogP contribution in [0.2, 0.25) is 0 Å². The molecule has 1 aromatic rings. The van der Waals surface area contributed by atoms with Gasteiger partial charge in [0.25, 0.3) is 0 Å². The van der Waals surface area contributed by atoms with Gasteiger partial charge in [0.1, 0.15) is 11.6 Å². The second-order valence-corrected chi connectivity index (χ2v) is 2.64. The van der Waals surface area contributed by atoms with Gasteiger partial charge in [-0.05, 0) is 6.92 Å². The van der Waals surface area contributed by atoms with Crippen LogP contribution >= 0.6 is 11.3 Å². The lowest BCUT2D eigenvalue weighted by molar-refractivity contribution is 0.124. The highest BCUT2D eigenvalue weighted by Gasteiger charge is 1.95. The summed E-state index contributed by atoms with van der Waals surface area (Å²) in [5, 5.41) is 2.89. The first-order chi connectivity index (χ1) is 4.33. The minimum Gasteiger partial charge on any atom is -0.297 e. The fourth-order valence-electron chi connectivity index (χ4n) is 0.540. The van der Waals surface area contributed by atoms with E-state index in [1.807, 2.05) is 12.3 Å². The summed E-state index contributed by atoms with van der Waals surface area (Å²) in [7, 11) is 0. The Morgan fingerprint density at radius 3 is 3.11 bits per heavy atom. The number of aromatic nitrogens is 1. The second kappa shape index (κ2) is 2.91. The van der Waals surface area contributed by atoms with Crippen molar-refractivity contribution in [3.8, 4) is 0 Å². The van der Waals surface area contributed by atoms with Crippen molar-refractivity contribution >= 4 is 11.3 Å². The topological polar surface area (TPSA) is 48.1 Å². The van der Waals surface area contributed by atoms with Crippen molar-refractivity contribution in [1.29, 1.82) is 0 Å². The highest BCUT2D eigenvalue weighted by atomic mass is 32.1. The van der Waals surface area contributed by atoms with Gasteiger partial charge in [0.2, 0.25) is 0 Å². The number of rotatable bonds is 2. The third-order valence-corrected chi connectivity index (χ3v) is 1.81. The van der Waals surface area contributed by atoms with E-state index in [1.54, 1.807) is 11.3 Å². The Morgan fingerprint density at radius 1 is 1.89 bits per heavy atom. The Morgan fingerprint density at radius 2 is 2.67 bits per heavy atom. The Labute approximate surface area is 57.4 Å². The zero-order chi connectivity index (χ0) is 6.69. The maximum atomic E-state index is 4.84. The molecule has 0 aliphatic carbocycles. The molecule has 9 heavy (non-hydrogen) atoms. The monoisotopic (exact) mass is 144 g/mol. The summed E-state index contributed by atoms with van der Waals surface area (Å²) in [6.45, 7) is 2.36. The maximum Gasteiger partial charge on any atom is 0.121 e. The molecule has 0 saturated heterocycles. The summed E-state index contributed by atoms with van der Waals surface area (Å²) in [6, 6.07) is 0. The number of hydrogen-bond donors (Lipinski definition) is 1. The van der Waals surface area contributed by atoms with Gasteiger partial charge >= 0.3 is 0 Å². The van der Waals surface area contributed by atoms with Gasteiger partial charge in [-0.2, -0.15) is 0 Å². The van der Waals surface area contributed by atoms with Crippen molar-refractivity contribution < 1.29 is 4.84 Å². The third-order valence-electron chi connectivity index (χ3n) is 0.873. The number of nitrogens with zero attached hydrogens (tertiary/aromatic N) is 1. The van der Waals surface area contributed by atoms with E-state index in [0.29, 0.717) is 6.61 Å². The van der Waals surface area contributed by atoms with Gasteiger partial charge in [0.15, 0.2) is 0 Å². The number of hydrogen-bond acceptors (Lipinski definition) is 4. The average molecular weight is 144 g/mol. The van der Waals surface area contributed by atoms with E-state index in [4.69, 9.17) is 5.90 Å². The van der Waals surface area contributed by atoms with Gasteiger partial charge in [0, 0.05) is 11.1 Å². The summed E-state index contributed by atoms with van der Waals surface area (Å²) in [6.07, 6.45) is 0. The fourth-order valence-corrected chi connectivity index (χ4v) is 1.23. The van der Waals surface area contributed by atoms with Crippen LogP contribution in [0.15, 0.2) is 5.38 Å². The van der Waals surface area contributed by atoms with Crippen molar-refractivity contribution in [3.63, 3.8) is 0 Å². The normalized spacial score (nSPS) is 10.0. The van der Waals surface area contributed by atoms with Crippen LogP contribution in [0.25, 0.3) is 0 Å². The van der Waals surface area contributed by atoms with Crippen molar-refractivity contribution in [2.24, 2.45) is 5.90 Å². The van der Waals surface area contributed by atoms with Crippen LogP contribution in [-0.4, -0.2) is 4.98 Å². The van der Waals surface area contributed by atoms with Crippen LogP contribution < -0.4 is 5.90 Å². The lowest BCUT2D eigenvalue weighted by atomic mass is 10.6. The molecule has 1 rings (SSSR count). The van der Waals surface area contributed by atoms with Crippen molar-refractivity contribution in [2.75, 3.05) is 0 Å². The molecule has 3 nitrogen and oxygen atoms in total. The molecule has 0 fully saturated rings. The van der Waals surface area contributed by atoms with E-state index >= 15 is 0 Å². The maximum absolute atomic E-state index is 4.84. The zero-order valence-corrected chi connectivity index (χ0v) is 5.94. The lowest BCUT2D eigenvalue weighted by Gasteiger charge is -1.87. The molecule has 2 N–H and O–H groups in total. The quantitative estimate of drug-likeness (QED) is 0.626. The molecule has 50 valence electrons. The average Bonchev–Trinajstić information content (AvgIpc) is 2.17. The van der Waals surface area contributed by atoms with Gasteiger partial charge in [0.05, 0.1) is 0 Å². The number of nitrogens with two attached hydrogens (primary N) is 1. The molecular formula is C5H8N2OS. The molecule has 1 aromatic heterocycles. The fraction of sp³-hybridized carbons (Fsp3) is 0.400. The van der Waals surface area contributed by atoms with Gasteiger partial charge in [-0.1, -0.05) is 0 Å². The van der Waals surface area contributed by atoms with E-state index in [0.717, 1.165) is 10.7 Å². The summed E-state index contributed by atoms with van der Waals surface area (Å²) in [5.41, 5.74) is 1.02. The highest BCUT2D eigenvalue weighted by Crippen LogP contribution is 2.08. The molecule has 0 aliphatic heterocycles. The van der Waals surface area contributed by atoms with Crippen LogP contribution in [0.4, 0.5) is 0 Å². The molecule has 0 saturated carbocycles. The minimum absolute atomic E-state index is 0.415. The Bertz CT molecular complexity index is 187. The van der Waals surface area contributed by atoms with Gasteiger partial charge in [-0.15, -0.1) is 11.3 Å². The molecule has 0 unspecified atom stereocenters. The van der Waals surface area contributed by atoms with Crippen molar-refractivity contribution in [2.45, 2.75) is 13.5 Å². The number of aryl methyl sites for hydroxylation is 1. The molecule has 1 heterocycles. The largest absolute Gasteiger partial charge is 0.297 e. The summed E-state index contributed by atoms with van der Waals surface area (Å²) in [5.74, 6) is 4.84. The molecule has 0 amide bonds. The van der Waals surface area contributed by atoms with Crippen LogP contribution in [0, 0.1) is 6.92 Å². The first-order valence-electron chi connectivity index (χ1n) is 2.55. The first kappa shape index (κ1) is 6.67. The zero-order valence-electron chi connectivity index (χ0n) is 5.13. The van der Waals surface area contributed by atoms with Crippen LogP contribution in [0.5, 0.6) is 0 Å². The number of thiazole rings is 1. The van der Waals surface area contributed by atoms with Crippen LogP contribution in [0.3, 0.4) is 0 Å². The second-order valence-electron chi connectivity index (χ2n) is 1.69. The Balaban J connectivity index is 2.61. The molecule has 0 spiro atoms. The molecule has 0 atom stereocenters. The van der Waals surface area contributed by atoms with Crippen LogP contribution in [0.1, 0.15) is 10.7 Å². The summed E-state index contributed by atoms with van der Waals surface area (Å²) < 4.78 is 0. The van der Waals surface area contributed by atoms with Crippen LogP contribution in [-0.2, 0) is 11.4 Å². The summed E-state index contributed by atoms with van der Waals surface area (Å²) >= 11 is 1.56. The Hall–Kier alpha value is -0.450. The molecule has 0 aliphatic rings. The smallest absolute Gasteiger partial charge is 0.121 e. The SMILES string of the molecule is Cc1csc(CON)n1. The van der Waals surface area contributed by atoms with Crippen molar-refractivity contribution in [3.05, 3.63) is 16.1 Å². The van der Waals surface area contributed by atoms with E-state index < -0.39 is 0 Å². The summed E-state index contributed by atoms with van der Waals surface area (Å²) in [4.78, 5) is 8.50. The van der Waals surface area contributed by atoms with E-state index in [1.165, 1.54) is 0 Å². The van der Waals surface area contributed by atoms with E-state index in [-0.39, 0.29) is 0 Å². The van der Waals surface area contributed by atoms with Gasteiger partial charge < -0.3 is 0 Å². The highest BCUT2D eigenvalue weighted by molar-refractivity contribution is 7.09. The predicted octanol–water partition coefficient (Wildman–Crippen LogP) is 0.842. The minimum atomic E-state index is 0.415. The first-order valence-corrected chi connectivity index (χ1v) is 3.43. The standard InChI is InChI=1S/C5H8N2OS/c1-4-3-9-5(7-4)2-8-6/h3H,2,6H2,1H3. The predicted molar refractivity (Wildman–Crippen MR) is 35.8 cm³/mol. The van der Waals surface area contributed by atoms with Crippen molar-refractivity contribution in [1.82, 2.24) is 4.98 Å². The van der Waals surface area contributed by atoms with Gasteiger partial charge in [-0.25, -0.2) is 10.9 Å². The molecule has 0 bridgehead atoms. The molecule has 0 radical (unpaired) electrons. The molecule has 0 aromatic carbocycles.